The number of amides is 2. The van der Waals surface area contributed by atoms with Crippen LogP contribution in [-0.2, 0) is 16.1 Å². The molecule has 0 unspecified atom stereocenters. The number of rotatable bonds is 4. The molecule has 3 rings (SSSR count). The summed E-state index contributed by atoms with van der Waals surface area (Å²) in [6, 6.07) is 9.33. The molecule has 0 bridgehead atoms. The van der Waals surface area contributed by atoms with E-state index in [-0.39, 0.29) is 24.1 Å². The average molecular weight is 296 g/mol. The van der Waals surface area contributed by atoms with Gasteiger partial charge in [-0.15, -0.1) is 0 Å². The SMILES string of the molecule is Cc1ccc(NC2=CC(=O)N(Cc3ccco3)C2=O)c(C)c1. The van der Waals surface area contributed by atoms with Crippen molar-refractivity contribution in [1.29, 1.82) is 0 Å². The molecule has 2 aromatic rings. The molecule has 1 aromatic carbocycles. The van der Waals surface area contributed by atoms with E-state index in [9.17, 15) is 9.59 Å². The molecule has 0 atom stereocenters. The van der Waals surface area contributed by atoms with Crippen molar-refractivity contribution in [3.8, 4) is 0 Å². The second-order valence-electron chi connectivity index (χ2n) is 5.31. The summed E-state index contributed by atoms with van der Waals surface area (Å²) in [5.74, 6) is -0.113. The van der Waals surface area contributed by atoms with Gasteiger partial charge >= 0.3 is 0 Å². The molecule has 1 aromatic heterocycles. The van der Waals surface area contributed by atoms with Crippen LogP contribution < -0.4 is 5.32 Å². The first kappa shape index (κ1) is 14.1. The number of carbonyl (C=O) groups is 2. The Labute approximate surface area is 128 Å². The highest BCUT2D eigenvalue weighted by Gasteiger charge is 2.31. The molecule has 2 heterocycles. The molecule has 0 saturated heterocycles. The highest BCUT2D eigenvalue weighted by Crippen LogP contribution is 2.22. The molecule has 22 heavy (non-hydrogen) atoms. The van der Waals surface area contributed by atoms with Gasteiger partial charge in [-0.05, 0) is 37.6 Å². The quantitative estimate of drug-likeness (QED) is 0.881. The number of carbonyl (C=O) groups excluding carboxylic acids is 2. The zero-order valence-corrected chi connectivity index (χ0v) is 12.4. The first-order valence-corrected chi connectivity index (χ1v) is 6.99. The fourth-order valence-corrected chi connectivity index (χ4v) is 2.41. The lowest BCUT2D eigenvalue weighted by Crippen LogP contribution is -2.31. The highest BCUT2D eigenvalue weighted by molar-refractivity contribution is 6.17. The predicted octanol–water partition coefficient (Wildman–Crippen LogP) is 2.76. The van der Waals surface area contributed by atoms with Gasteiger partial charge < -0.3 is 9.73 Å². The Hall–Kier alpha value is -2.82. The average Bonchev–Trinajstić information content (AvgIpc) is 3.06. The van der Waals surface area contributed by atoms with Crippen LogP contribution in [0.5, 0.6) is 0 Å². The first-order chi connectivity index (χ1) is 10.5. The van der Waals surface area contributed by atoms with Crippen LogP contribution in [0, 0.1) is 13.8 Å². The molecule has 0 radical (unpaired) electrons. The van der Waals surface area contributed by atoms with Crippen LogP contribution in [0.15, 0.2) is 52.8 Å². The molecule has 0 spiro atoms. The van der Waals surface area contributed by atoms with Crippen LogP contribution in [0.25, 0.3) is 0 Å². The fraction of sp³-hybridized carbons (Fsp3) is 0.176. The molecular weight excluding hydrogens is 280 g/mol. The van der Waals surface area contributed by atoms with Gasteiger partial charge in [0.25, 0.3) is 11.8 Å². The van der Waals surface area contributed by atoms with Gasteiger partial charge in [-0.2, -0.15) is 0 Å². The monoisotopic (exact) mass is 296 g/mol. The van der Waals surface area contributed by atoms with Crippen LogP contribution in [0.2, 0.25) is 0 Å². The van der Waals surface area contributed by atoms with Gasteiger partial charge in [0.05, 0.1) is 12.8 Å². The Kier molecular flexibility index (Phi) is 3.55. The smallest absolute Gasteiger partial charge is 0.277 e. The fourth-order valence-electron chi connectivity index (χ4n) is 2.41. The normalized spacial score (nSPS) is 14.5. The molecule has 0 saturated carbocycles. The maximum atomic E-state index is 12.4. The van der Waals surface area contributed by atoms with Crippen molar-refractivity contribution in [2.75, 3.05) is 5.32 Å². The van der Waals surface area contributed by atoms with Gasteiger partial charge in [0.15, 0.2) is 0 Å². The molecule has 0 aliphatic carbocycles. The van der Waals surface area contributed by atoms with E-state index in [2.05, 4.69) is 5.32 Å². The van der Waals surface area contributed by atoms with Gasteiger partial charge in [-0.3, -0.25) is 14.5 Å². The summed E-state index contributed by atoms with van der Waals surface area (Å²) in [4.78, 5) is 25.5. The standard InChI is InChI=1S/C17H16N2O3/c1-11-5-6-14(12(2)8-11)18-15-9-16(20)19(17(15)21)10-13-4-3-7-22-13/h3-9,18H,10H2,1-2H3. The number of aryl methyl sites for hydroxylation is 2. The maximum Gasteiger partial charge on any atom is 0.277 e. The summed E-state index contributed by atoms with van der Waals surface area (Å²) in [5.41, 5.74) is 3.26. The third-order valence-electron chi connectivity index (χ3n) is 3.55. The van der Waals surface area contributed by atoms with Crippen molar-refractivity contribution < 1.29 is 14.0 Å². The summed E-state index contributed by atoms with van der Waals surface area (Å²) >= 11 is 0. The number of imide groups is 1. The lowest BCUT2D eigenvalue weighted by atomic mass is 10.1. The molecule has 1 aliphatic heterocycles. The van der Waals surface area contributed by atoms with Crippen molar-refractivity contribution in [2.45, 2.75) is 20.4 Å². The van der Waals surface area contributed by atoms with E-state index in [0.717, 1.165) is 21.7 Å². The number of nitrogens with zero attached hydrogens (tertiary/aromatic N) is 1. The van der Waals surface area contributed by atoms with Gasteiger partial charge in [0.2, 0.25) is 0 Å². The highest BCUT2D eigenvalue weighted by atomic mass is 16.3. The van der Waals surface area contributed by atoms with E-state index in [4.69, 9.17) is 4.42 Å². The Balaban J connectivity index is 1.77. The van der Waals surface area contributed by atoms with E-state index < -0.39 is 0 Å². The van der Waals surface area contributed by atoms with Crippen LogP contribution >= 0.6 is 0 Å². The Bertz CT molecular complexity index is 760. The zero-order valence-electron chi connectivity index (χ0n) is 12.4. The van der Waals surface area contributed by atoms with Crippen molar-refractivity contribution >= 4 is 17.5 Å². The molecule has 0 fully saturated rings. The number of nitrogens with one attached hydrogen (secondary N) is 1. The van der Waals surface area contributed by atoms with Crippen LogP contribution in [0.3, 0.4) is 0 Å². The maximum absolute atomic E-state index is 12.4. The van der Waals surface area contributed by atoms with Gasteiger partial charge in [0.1, 0.15) is 11.5 Å². The minimum absolute atomic E-state index is 0.138. The summed E-state index contributed by atoms with van der Waals surface area (Å²) in [6.45, 7) is 4.10. The lowest BCUT2D eigenvalue weighted by Gasteiger charge is -2.14. The van der Waals surface area contributed by atoms with Crippen LogP contribution in [-0.4, -0.2) is 16.7 Å². The second kappa shape index (κ2) is 5.52. The van der Waals surface area contributed by atoms with Crippen molar-refractivity contribution in [3.63, 3.8) is 0 Å². The van der Waals surface area contributed by atoms with Crippen LogP contribution in [0.4, 0.5) is 5.69 Å². The van der Waals surface area contributed by atoms with Crippen LogP contribution in [0.1, 0.15) is 16.9 Å². The predicted molar refractivity (Wildman–Crippen MR) is 81.9 cm³/mol. The Morgan fingerprint density at radius 2 is 2.00 bits per heavy atom. The molecule has 5 heteroatoms. The van der Waals surface area contributed by atoms with Crippen molar-refractivity contribution in [2.24, 2.45) is 0 Å². The topological polar surface area (TPSA) is 62.6 Å². The summed E-state index contributed by atoms with van der Waals surface area (Å²) in [7, 11) is 0. The molecule has 112 valence electrons. The number of hydrogen-bond acceptors (Lipinski definition) is 4. The van der Waals surface area contributed by atoms with E-state index in [1.165, 1.54) is 12.3 Å². The van der Waals surface area contributed by atoms with Gasteiger partial charge in [0, 0.05) is 11.8 Å². The van der Waals surface area contributed by atoms with Crippen molar-refractivity contribution in [1.82, 2.24) is 4.90 Å². The molecule has 2 amide bonds. The molecule has 1 aliphatic rings. The minimum Gasteiger partial charge on any atom is -0.467 e. The third kappa shape index (κ3) is 2.65. The zero-order chi connectivity index (χ0) is 15.7. The van der Waals surface area contributed by atoms with E-state index >= 15 is 0 Å². The largest absolute Gasteiger partial charge is 0.467 e. The summed E-state index contributed by atoms with van der Waals surface area (Å²) in [6.07, 6.45) is 2.84. The van der Waals surface area contributed by atoms with E-state index in [0.29, 0.717) is 5.76 Å². The minimum atomic E-state index is -0.346. The second-order valence-corrected chi connectivity index (χ2v) is 5.31. The van der Waals surface area contributed by atoms with Gasteiger partial charge in [-0.25, -0.2) is 0 Å². The lowest BCUT2D eigenvalue weighted by molar-refractivity contribution is -0.138. The summed E-state index contributed by atoms with van der Waals surface area (Å²) < 4.78 is 5.19. The van der Waals surface area contributed by atoms with E-state index in [1.807, 2.05) is 32.0 Å². The third-order valence-corrected chi connectivity index (χ3v) is 3.55. The number of benzene rings is 1. The first-order valence-electron chi connectivity index (χ1n) is 6.99. The number of hydrogen-bond donors (Lipinski definition) is 1. The number of anilines is 1. The number of furan rings is 1. The van der Waals surface area contributed by atoms with E-state index in [1.54, 1.807) is 12.1 Å². The molecular formula is C17H16N2O3. The van der Waals surface area contributed by atoms with Gasteiger partial charge in [-0.1, -0.05) is 17.7 Å². The Morgan fingerprint density at radius 1 is 1.18 bits per heavy atom. The van der Waals surface area contributed by atoms with Crippen molar-refractivity contribution in [3.05, 3.63) is 65.3 Å². The summed E-state index contributed by atoms with van der Waals surface area (Å²) in [5, 5.41) is 3.04. The molecule has 5 nitrogen and oxygen atoms in total. The Morgan fingerprint density at radius 3 is 2.68 bits per heavy atom. The molecule has 1 N–H and O–H groups in total.